The lowest BCUT2D eigenvalue weighted by atomic mass is 10.1. The molecule has 0 radical (unpaired) electrons. The quantitative estimate of drug-likeness (QED) is 0.893. The molecule has 0 bridgehead atoms. The van der Waals surface area contributed by atoms with Gasteiger partial charge in [-0.2, -0.15) is 0 Å². The van der Waals surface area contributed by atoms with E-state index in [0.717, 1.165) is 11.1 Å². The van der Waals surface area contributed by atoms with Crippen LogP contribution in [-0.2, 0) is 11.2 Å². The summed E-state index contributed by atoms with van der Waals surface area (Å²) < 4.78 is 5.57. The van der Waals surface area contributed by atoms with Crippen molar-refractivity contribution >= 4 is 5.91 Å². The minimum absolute atomic E-state index is 0.0263. The van der Waals surface area contributed by atoms with Crippen LogP contribution in [0.5, 0.6) is 0 Å². The van der Waals surface area contributed by atoms with Crippen LogP contribution in [0.3, 0.4) is 0 Å². The first kappa shape index (κ1) is 13.3. The molecule has 0 spiro atoms. The minimum Gasteiger partial charge on any atom is -0.421 e. The Morgan fingerprint density at radius 3 is 2.95 bits per heavy atom. The van der Waals surface area contributed by atoms with E-state index in [9.17, 15) is 4.79 Å². The zero-order chi connectivity index (χ0) is 13.7. The second kappa shape index (κ2) is 6.13. The lowest BCUT2D eigenvalue weighted by molar-refractivity contribution is -0.120. The molecular formula is C14H17N3O2. The second-order valence-electron chi connectivity index (χ2n) is 4.32. The van der Waals surface area contributed by atoms with Crippen LogP contribution >= 0.6 is 0 Å². The molecule has 1 aromatic carbocycles. The summed E-state index contributed by atoms with van der Waals surface area (Å²) >= 11 is 0. The molecule has 0 saturated heterocycles. The number of aryl methyl sites for hydroxylation is 1. The summed E-state index contributed by atoms with van der Waals surface area (Å²) in [6.07, 6.45) is 1.03. The lowest BCUT2D eigenvalue weighted by Gasteiger charge is -1.99. The SMILES string of the molecule is CCC(=O)NCCc1nnc(-c2cccc(C)c2)o1. The van der Waals surface area contributed by atoms with Crippen LogP contribution < -0.4 is 5.32 Å². The van der Waals surface area contributed by atoms with Gasteiger partial charge < -0.3 is 9.73 Å². The molecule has 1 aromatic heterocycles. The molecule has 0 atom stereocenters. The van der Waals surface area contributed by atoms with Crippen molar-refractivity contribution in [3.05, 3.63) is 35.7 Å². The Morgan fingerprint density at radius 2 is 2.21 bits per heavy atom. The predicted octanol–water partition coefficient (Wildman–Crippen LogP) is 2.11. The van der Waals surface area contributed by atoms with E-state index < -0.39 is 0 Å². The van der Waals surface area contributed by atoms with Crippen LogP contribution in [0.4, 0.5) is 0 Å². The fraction of sp³-hybridized carbons (Fsp3) is 0.357. The number of benzene rings is 1. The van der Waals surface area contributed by atoms with Crippen LogP contribution in [0.25, 0.3) is 11.5 Å². The first-order valence-electron chi connectivity index (χ1n) is 6.35. The van der Waals surface area contributed by atoms with Gasteiger partial charge in [0.2, 0.25) is 17.7 Å². The molecule has 1 N–H and O–H groups in total. The topological polar surface area (TPSA) is 68.0 Å². The number of nitrogens with one attached hydrogen (secondary N) is 1. The van der Waals surface area contributed by atoms with E-state index in [0.29, 0.717) is 31.2 Å². The summed E-state index contributed by atoms with van der Waals surface area (Å²) in [7, 11) is 0. The number of hydrogen-bond donors (Lipinski definition) is 1. The molecule has 0 aliphatic rings. The molecule has 0 fully saturated rings. The Hall–Kier alpha value is -2.17. The van der Waals surface area contributed by atoms with Crippen molar-refractivity contribution in [3.63, 3.8) is 0 Å². The van der Waals surface area contributed by atoms with E-state index in [1.165, 1.54) is 0 Å². The van der Waals surface area contributed by atoms with Crippen molar-refractivity contribution in [1.29, 1.82) is 0 Å². The molecule has 1 heterocycles. The number of nitrogens with zero attached hydrogens (tertiary/aromatic N) is 2. The Morgan fingerprint density at radius 1 is 1.37 bits per heavy atom. The van der Waals surface area contributed by atoms with Crippen LogP contribution in [0.1, 0.15) is 24.8 Å². The Balaban J connectivity index is 1.97. The normalized spacial score (nSPS) is 10.4. The van der Waals surface area contributed by atoms with Crippen molar-refractivity contribution in [2.45, 2.75) is 26.7 Å². The number of carbonyl (C=O) groups excluding carboxylic acids is 1. The van der Waals surface area contributed by atoms with E-state index in [-0.39, 0.29) is 5.91 Å². The van der Waals surface area contributed by atoms with E-state index in [4.69, 9.17) is 4.42 Å². The molecule has 0 aliphatic heterocycles. The van der Waals surface area contributed by atoms with Gasteiger partial charge in [0.1, 0.15) is 0 Å². The highest BCUT2D eigenvalue weighted by Gasteiger charge is 2.08. The van der Waals surface area contributed by atoms with Crippen LogP contribution in [0.15, 0.2) is 28.7 Å². The van der Waals surface area contributed by atoms with Crippen molar-refractivity contribution < 1.29 is 9.21 Å². The third-order valence-electron chi connectivity index (χ3n) is 2.71. The first-order chi connectivity index (χ1) is 9.19. The highest BCUT2D eigenvalue weighted by Crippen LogP contribution is 2.18. The zero-order valence-corrected chi connectivity index (χ0v) is 11.1. The second-order valence-corrected chi connectivity index (χ2v) is 4.32. The molecule has 100 valence electrons. The smallest absolute Gasteiger partial charge is 0.247 e. The maximum Gasteiger partial charge on any atom is 0.247 e. The predicted molar refractivity (Wildman–Crippen MR) is 71.5 cm³/mol. The monoisotopic (exact) mass is 259 g/mol. The highest BCUT2D eigenvalue weighted by atomic mass is 16.4. The van der Waals surface area contributed by atoms with Gasteiger partial charge in [0.05, 0.1) is 0 Å². The van der Waals surface area contributed by atoms with Gasteiger partial charge in [-0.1, -0.05) is 24.6 Å². The summed E-state index contributed by atoms with van der Waals surface area (Å²) in [5.41, 5.74) is 2.06. The van der Waals surface area contributed by atoms with Gasteiger partial charge in [-0.25, -0.2) is 0 Å². The van der Waals surface area contributed by atoms with Gasteiger partial charge in [-0.15, -0.1) is 10.2 Å². The summed E-state index contributed by atoms with van der Waals surface area (Å²) in [6, 6.07) is 7.90. The van der Waals surface area contributed by atoms with Gasteiger partial charge in [0.15, 0.2) is 0 Å². The average Bonchev–Trinajstić information content (AvgIpc) is 2.87. The lowest BCUT2D eigenvalue weighted by Crippen LogP contribution is -2.24. The van der Waals surface area contributed by atoms with E-state index in [1.807, 2.05) is 38.1 Å². The first-order valence-corrected chi connectivity index (χ1v) is 6.35. The van der Waals surface area contributed by atoms with Gasteiger partial charge in [0, 0.05) is 24.9 Å². The van der Waals surface area contributed by atoms with E-state index >= 15 is 0 Å². The molecule has 0 saturated carbocycles. The fourth-order valence-corrected chi connectivity index (χ4v) is 1.68. The summed E-state index contributed by atoms with van der Waals surface area (Å²) in [5.74, 6) is 1.08. The molecule has 5 heteroatoms. The standard InChI is InChI=1S/C14H17N3O2/c1-3-12(18)15-8-7-13-16-17-14(19-13)11-6-4-5-10(2)9-11/h4-6,9H,3,7-8H2,1-2H3,(H,15,18). The number of rotatable bonds is 5. The fourth-order valence-electron chi connectivity index (χ4n) is 1.68. The van der Waals surface area contributed by atoms with Crippen LogP contribution in [0, 0.1) is 6.92 Å². The third-order valence-corrected chi connectivity index (χ3v) is 2.71. The zero-order valence-electron chi connectivity index (χ0n) is 11.1. The van der Waals surface area contributed by atoms with Crippen molar-refractivity contribution in [3.8, 4) is 11.5 Å². The Labute approximate surface area is 112 Å². The van der Waals surface area contributed by atoms with Crippen molar-refractivity contribution in [2.24, 2.45) is 0 Å². The molecule has 1 amide bonds. The van der Waals surface area contributed by atoms with Crippen molar-refractivity contribution in [2.75, 3.05) is 6.54 Å². The molecule has 0 unspecified atom stereocenters. The van der Waals surface area contributed by atoms with Crippen molar-refractivity contribution in [1.82, 2.24) is 15.5 Å². The minimum atomic E-state index is 0.0263. The van der Waals surface area contributed by atoms with E-state index in [1.54, 1.807) is 0 Å². The van der Waals surface area contributed by atoms with Crippen LogP contribution in [0.2, 0.25) is 0 Å². The maximum absolute atomic E-state index is 11.1. The van der Waals surface area contributed by atoms with Gasteiger partial charge in [-0.3, -0.25) is 4.79 Å². The number of carbonyl (C=O) groups is 1. The summed E-state index contributed by atoms with van der Waals surface area (Å²) in [5, 5.41) is 10.8. The molecule has 5 nitrogen and oxygen atoms in total. The van der Waals surface area contributed by atoms with E-state index in [2.05, 4.69) is 15.5 Å². The third kappa shape index (κ3) is 3.64. The molecular weight excluding hydrogens is 242 g/mol. The number of amides is 1. The molecule has 19 heavy (non-hydrogen) atoms. The Kier molecular flexibility index (Phi) is 4.28. The van der Waals surface area contributed by atoms with Gasteiger partial charge in [-0.05, 0) is 19.1 Å². The van der Waals surface area contributed by atoms with Crippen LogP contribution in [-0.4, -0.2) is 22.6 Å². The Bertz CT molecular complexity index is 563. The average molecular weight is 259 g/mol. The maximum atomic E-state index is 11.1. The molecule has 2 aromatic rings. The largest absolute Gasteiger partial charge is 0.421 e. The summed E-state index contributed by atoms with van der Waals surface area (Å²) in [6.45, 7) is 4.35. The van der Waals surface area contributed by atoms with Gasteiger partial charge >= 0.3 is 0 Å². The number of hydrogen-bond acceptors (Lipinski definition) is 4. The molecule has 2 rings (SSSR count). The summed E-state index contributed by atoms with van der Waals surface area (Å²) in [4.78, 5) is 11.1. The van der Waals surface area contributed by atoms with Gasteiger partial charge in [0.25, 0.3) is 0 Å². The highest BCUT2D eigenvalue weighted by molar-refractivity contribution is 5.75. The number of aromatic nitrogens is 2. The molecule has 0 aliphatic carbocycles.